The highest BCUT2D eigenvalue weighted by Crippen LogP contribution is 2.31. The van der Waals surface area contributed by atoms with Crippen LogP contribution in [0.25, 0.3) is 0 Å². The van der Waals surface area contributed by atoms with E-state index in [-0.39, 0.29) is 11.8 Å². The molecule has 1 aromatic carbocycles. The van der Waals surface area contributed by atoms with E-state index in [1.54, 1.807) is 4.90 Å². The first-order valence-corrected chi connectivity index (χ1v) is 7.46. The number of amides is 1. The molecule has 0 aliphatic carbocycles. The van der Waals surface area contributed by atoms with Gasteiger partial charge >= 0.3 is 0 Å². The lowest BCUT2D eigenvalue weighted by Gasteiger charge is -2.13. The Balaban J connectivity index is 1.89. The van der Waals surface area contributed by atoms with E-state index in [0.29, 0.717) is 6.42 Å². The largest absolute Gasteiger partial charge is 0.340 e. The van der Waals surface area contributed by atoms with Crippen molar-refractivity contribution >= 4 is 23.1 Å². The van der Waals surface area contributed by atoms with Crippen LogP contribution in [0.1, 0.15) is 36.8 Å². The fourth-order valence-electron chi connectivity index (χ4n) is 2.61. The van der Waals surface area contributed by atoms with Gasteiger partial charge < -0.3 is 10.2 Å². The fourth-order valence-corrected chi connectivity index (χ4v) is 2.61. The van der Waals surface area contributed by atoms with Gasteiger partial charge in [0.05, 0.1) is 6.42 Å². The molecular formula is C17H20N4O. The number of benzene rings is 1. The SMILES string of the molecule is Cc1cc(Nc2ccc3c(c2)CC(=O)N3C)nc(C(C)C)n1. The van der Waals surface area contributed by atoms with Crippen molar-refractivity contribution in [3.8, 4) is 0 Å². The van der Waals surface area contributed by atoms with Crippen molar-refractivity contribution in [1.29, 1.82) is 0 Å². The van der Waals surface area contributed by atoms with Gasteiger partial charge in [0.1, 0.15) is 11.6 Å². The Morgan fingerprint density at radius 3 is 2.73 bits per heavy atom. The molecule has 3 rings (SSSR count). The van der Waals surface area contributed by atoms with Crippen molar-refractivity contribution in [2.75, 3.05) is 17.3 Å². The number of aromatic nitrogens is 2. The number of nitrogens with one attached hydrogen (secondary N) is 1. The Kier molecular flexibility index (Phi) is 3.56. The van der Waals surface area contributed by atoms with Crippen LogP contribution in [0.3, 0.4) is 0 Å². The van der Waals surface area contributed by atoms with Gasteiger partial charge in [0.15, 0.2) is 0 Å². The molecule has 0 saturated carbocycles. The van der Waals surface area contributed by atoms with E-state index in [1.807, 2.05) is 38.2 Å². The lowest BCUT2D eigenvalue weighted by atomic mass is 10.1. The highest BCUT2D eigenvalue weighted by Gasteiger charge is 2.23. The quantitative estimate of drug-likeness (QED) is 0.945. The molecule has 0 fully saturated rings. The standard InChI is InChI=1S/C17H20N4O/c1-10(2)17-18-11(3)7-15(20-17)19-13-5-6-14-12(8-13)9-16(22)21(14)4/h5-8,10H,9H2,1-4H3,(H,18,19,20). The van der Waals surface area contributed by atoms with E-state index < -0.39 is 0 Å². The van der Waals surface area contributed by atoms with Gasteiger partial charge in [-0.15, -0.1) is 0 Å². The zero-order valence-electron chi connectivity index (χ0n) is 13.3. The zero-order chi connectivity index (χ0) is 15.9. The molecule has 0 unspecified atom stereocenters. The predicted octanol–water partition coefficient (Wildman–Crippen LogP) is 3.17. The second-order valence-electron chi connectivity index (χ2n) is 6.01. The Labute approximate surface area is 130 Å². The number of anilines is 3. The Bertz CT molecular complexity index is 739. The summed E-state index contributed by atoms with van der Waals surface area (Å²) in [6, 6.07) is 7.89. The molecule has 1 aliphatic rings. The maximum absolute atomic E-state index is 11.7. The van der Waals surface area contributed by atoms with E-state index in [0.717, 1.165) is 34.3 Å². The number of nitrogens with zero attached hydrogens (tertiary/aromatic N) is 3. The third-order valence-corrected chi connectivity index (χ3v) is 3.82. The van der Waals surface area contributed by atoms with Crippen LogP contribution in [-0.4, -0.2) is 22.9 Å². The lowest BCUT2D eigenvalue weighted by molar-refractivity contribution is -0.117. The third kappa shape index (κ3) is 2.66. The summed E-state index contributed by atoms with van der Waals surface area (Å²) in [5.74, 6) is 2.03. The van der Waals surface area contributed by atoms with Gasteiger partial charge in [-0.3, -0.25) is 4.79 Å². The van der Waals surface area contributed by atoms with Crippen molar-refractivity contribution in [2.45, 2.75) is 33.1 Å². The van der Waals surface area contributed by atoms with Crippen LogP contribution in [0, 0.1) is 6.92 Å². The van der Waals surface area contributed by atoms with E-state index in [9.17, 15) is 4.79 Å². The molecule has 22 heavy (non-hydrogen) atoms. The topological polar surface area (TPSA) is 58.1 Å². The molecule has 0 saturated heterocycles. The normalized spacial score (nSPS) is 13.7. The highest BCUT2D eigenvalue weighted by atomic mass is 16.2. The van der Waals surface area contributed by atoms with Crippen molar-refractivity contribution in [3.05, 3.63) is 41.3 Å². The Morgan fingerprint density at radius 1 is 1.23 bits per heavy atom. The molecular weight excluding hydrogens is 276 g/mol. The average Bonchev–Trinajstić information content (AvgIpc) is 2.73. The summed E-state index contributed by atoms with van der Waals surface area (Å²) in [5.41, 5.74) is 3.91. The molecule has 2 aromatic rings. The molecule has 0 spiro atoms. The summed E-state index contributed by atoms with van der Waals surface area (Å²) in [5, 5.41) is 3.32. The molecule has 1 aromatic heterocycles. The second kappa shape index (κ2) is 5.40. The molecule has 5 nitrogen and oxygen atoms in total. The monoisotopic (exact) mass is 296 g/mol. The van der Waals surface area contributed by atoms with Crippen molar-refractivity contribution in [3.63, 3.8) is 0 Å². The van der Waals surface area contributed by atoms with Gasteiger partial charge in [-0.2, -0.15) is 0 Å². The number of carbonyl (C=O) groups is 1. The first kappa shape index (κ1) is 14.5. The second-order valence-corrected chi connectivity index (χ2v) is 6.01. The van der Waals surface area contributed by atoms with E-state index >= 15 is 0 Å². The molecule has 2 heterocycles. The van der Waals surface area contributed by atoms with Crippen molar-refractivity contribution in [2.24, 2.45) is 0 Å². The average molecular weight is 296 g/mol. The Hall–Kier alpha value is -2.43. The first-order chi connectivity index (χ1) is 10.4. The number of likely N-dealkylation sites (N-methyl/N-ethyl adjacent to an activating group) is 1. The molecule has 114 valence electrons. The van der Waals surface area contributed by atoms with Gasteiger partial charge in [0, 0.05) is 36.1 Å². The van der Waals surface area contributed by atoms with Crippen LogP contribution in [0.15, 0.2) is 24.3 Å². The molecule has 0 radical (unpaired) electrons. The van der Waals surface area contributed by atoms with Crippen molar-refractivity contribution < 1.29 is 4.79 Å². The summed E-state index contributed by atoms with van der Waals surface area (Å²) < 4.78 is 0. The number of rotatable bonds is 3. The summed E-state index contributed by atoms with van der Waals surface area (Å²) in [6.45, 7) is 6.12. The molecule has 1 N–H and O–H groups in total. The van der Waals surface area contributed by atoms with Crippen LogP contribution < -0.4 is 10.2 Å². The highest BCUT2D eigenvalue weighted by molar-refractivity contribution is 6.01. The van der Waals surface area contributed by atoms with Gasteiger partial charge in [-0.05, 0) is 30.7 Å². The van der Waals surface area contributed by atoms with Gasteiger partial charge in [0.2, 0.25) is 5.91 Å². The number of hydrogen-bond donors (Lipinski definition) is 1. The minimum atomic E-state index is 0.132. The number of aryl methyl sites for hydroxylation is 1. The predicted molar refractivity (Wildman–Crippen MR) is 87.7 cm³/mol. The van der Waals surface area contributed by atoms with Gasteiger partial charge in [-0.25, -0.2) is 9.97 Å². The molecule has 1 amide bonds. The van der Waals surface area contributed by atoms with Crippen LogP contribution in [0.5, 0.6) is 0 Å². The summed E-state index contributed by atoms with van der Waals surface area (Å²) in [4.78, 5) is 22.5. The molecule has 0 bridgehead atoms. The summed E-state index contributed by atoms with van der Waals surface area (Å²) >= 11 is 0. The molecule has 5 heteroatoms. The molecule has 0 atom stereocenters. The van der Waals surface area contributed by atoms with E-state index in [4.69, 9.17) is 0 Å². The first-order valence-electron chi connectivity index (χ1n) is 7.46. The van der Waals surface area contributed by atoms with Crippen LogP contribution in [-0.2, 0) is 11.2 Å². The summed E-state index contributed by atoms with van der Waals surface area (Å²) in [6.07, 6.45) is 0.460. The zero-order valence-corrected chi connectivity index (χ0v) is 13.3. The van der Waals surface area contributed by atoms with E-state index in [2.05, 4.69) is 29.1 Å². The van der Waals surface area contributed by atoms with Crippen LogP contribution in [0.2, 0.25) is 0 Å². The van der Waals surface area contributed by atoms with Gasteiger partial charge in [0.25, 0.3) is 0 Å². The number of fused-ring (bicyclic) bond motifs is 1. The lowest BCUT2D eigenvalue weighted by Crippen LogP contribution is -2.20. The minimum Gasteiger partial charge on any atom is -0.340 e. The smallest absolute Gasteiger partial charge is 0.231 e. The minimum absolute atomic E-state index is 0.132. The maximum Gasteiger partial charge on any atom is 0.231 e. The van der Waals surface area contributed by atoms with E-state index in [1.165, 1.54) is 0 Å². The third-order valence-electron chi connectivity index (χ3n) is 3.82. The Morgan fingerprint density at radius 2 is 2.00 bits per heavy atom. The molecule has 1 aliphatic heterocycles. The fraction of sp³-hybridized carbons (Fsp3) is 0.353. The van der Waals surface area contributed by atoms with Crippen molar-refractivity contribution in [1.82, 2.24) is 9.97 Å². The van der Waals surface area contributed by atoms with Crippen LogP contribution >= 0.6 is 0 Å². The summed E-state index contributed by atoms with van der Waals surface area (Å²) in [7, 11) is 1.81. The maximum atomic E-state index is 11.7. The number of carbonyl (C=O) groups excluding carboxylic acids is 1. The van der Waals surface area contributed by atoms with Gasteiger partial charge in [-0.1, -0.05) is 13.8 Å². The van der Waals surface area contributed by atoms with Crippen LogP contribution in [0.4, 0.5) is 17.2 Å². The number of hydrogen-bond acceptors (Lipinski definition) is 4.